The highest BCUT2D eigenvalue weighted by atomic mass is 19.1. The zero-order chi connectivity index (χ0) is 19.6. The van der Waals surface area contributed by atoms with Gasteiger partial charge >= 0.3 is 5.97 Å². The molecule has 1 unspecified atom stereocenters. The van der Waals surface area contributed by atoms with Crippen LogP contribution in [-0.4, -0.2) is 30.3 Å². The Morgan fingerprint density at radius 1 is 1.15 bits per heavy atom. The first kappa shape index (κ1) is 18.2. The molecule has 1 atom stereocenters. The number of hydrogen-bond acceptors (Lipinski definition) is 6. The Bertz CT molecular complexity index is 1010. The molecular formula is C19H17FN2O5. The molecule has 0 amide bonds. The van der Waals surface area contributed by atoms with E-state index in [1.54, 1.807) is 24.3 Å². The van der Waals surface area contributed by atoms with E-state index in [9.17, 15) is 14.3 Å². The van der Waals surface area contributed by atoms with Gasteiger partial charge in [-0.3, -0.25) is 0 Å². The molecule has 27 heavy (non-hydrogen) atoms. The molecule has 3 N–H and O–H groups in total. The van der Waals surface area contributed by atoms with Gasteiger partial charge in [-0.15, -0.1) is 0 Å². The molecule has 0 radical (unpaired) electrons. The summed E-state index contributed by atoms with van der Waals surface area (Å²) in [4.78, 5) is 15.7. The summed E-state index contributed by atoms with van der Waals surface area (Å²) in [6, 6.07) is 8.84. The zero-order valence-corrected chi connectivity index (χ0v) is 14.6. The number of nitrogens with two attached hydrogens (primary N) is 1. The fraction of sp³-hybridized carbons (Fsp3) is 0.158. The number of carbonyl (C=O) groups is 1. The fourth-order valence-electron chi connectivity index (χ4n) is 2.71. The molecule has 1 aromatic heterocycles. The Balaban J connectivity index is 2.01. The van der Waals surface area contributed by atoms with Crippen molar-refractivity contribution in [2.24, 2.45) is 0 Å². The van der Waals surface area contributed by atoms with Crippen LogP contribution in [0.3, 0.4) is 0 Å². The van der Waals surface area contributed by atoms with E-state index in [1.807, 2.05) is 0 Å². The molecule has 0 bridgehead atoms. The summed E-state index contributed by atoms with van der Waals surface area (Å²) in [6.45, 7) is 0. The summed E-state index contributed by atoms with van der Waals surface area (Å²) in [7, 11) is 2.73. The van der Waals surface area contributed by atoms with Crippen molar-refractivity contribution in [1.82, 2.24) is 4.98 Å². The minimum absolute atomic E-state index is 0.150. The number of carboxylic acids is 1. The Morgan fingerprint density at radius 2 is 1.85 bits per heavy atom. The van der Waals surface area contributed by atoms with Crippen molar-refractivity contribution >= 4 is 22.6 Å². The van der Waals surface area contributed by atoms with Gasteiger partial charge in [0.2, 0.25) is 6.10 Å². The van der Waals surface area contributed by atoms with E-state index in [4.69, 9.17) is 19.9 Å². The second-order valence-corrected chi connectivity index (χ2v) is 5.64. The van der Waals surface area contributed by atoms with Crippen molar-refractivity contribution in [3.8, 4) is 17.2 Å². The lowest BCUT2D eigenvalue weighted by molar-refractivity contribution is -0.145. The number of fused-ring (bicyclic) bond motifs is 1. The number of rotatable bonds is 6. The topological polar surface area (TPSA) is 104 Å². The van der Waals surface area contributed by atoms with Gasteiger partial charge in [-0.2, -0.15) is 0 Å². The number of halogens is 1. The highest BCUT2D eigenvalue weighted by Crippen LogP contribution is 2.35. The molecule has 8 heteroatoms. The van der Waals surface area contributed by atoms with Gasteiger partial charge in [0, 0.05) is 23.2 Å². The number of nitrogens with zero attached hydrogens (tertiary/aromatic N) is 1. The van der Waals surface area contributed by atoms with E-state index in [-0.39, 0.29) is 22.8 Å². The van der Waals surface area contributed by atoms with Crippen LogP contribution in [0.5, 0.6) is 17.2 Å². The Hall–Kier alpha value is -3.55. The minimum atomic E-state index is -1.58. The predicted octanol–water partition coefficient (Wildman–Crippen LogP) is 3.18. The fourth-order valence-corrected chi connectivity index (χ4v) is 2.71. The number of benzene rings is 2. The van der Waals surface area contributed by atoms with Crippen molar-refractivity contribution in [1.29, 1.82) is 0 Å². The highest BCUT2D eigenvalue weighted by Gasteiger charge is 2.27. The lowest BCUT2D eigenvalue weighted by Crippen LogP contribution is -2.19. The third-order valence-corrected chi connectivity index (χ3v) is 4.03. The van der Waals surface area contributed by atoms with E-state index < -0.39 is 17.9 Å². The van der Waals surface area contributed by atoms with Crippen molar-refractivity contribution in [2.75, 3.05) is 20.0 Å². The van der Waals surface area contributed by atoms with E-state index in [0.717, 1.165) is 11.5 Å². The second-order valence-electron chi connectivity index (χ2n) is 5.64. The first-order valence-electron chi connectivity index (χ1n) is 7.89. The van der Waals surface area contributed by atoms with Crippen LogP contribution >= 0.6 is 0 Å². The van der Waals surface area contributed by atoms with Crippen LogP contribution in [0.15, 0.2) is 42.6 Å². The molecule has 0 spiro atoms. The van der Waals surface area contributed by atoms with Crippen molar-refractivity contribution in [3.63, 3.8) is 0 Å². The first-order valence-corrected chi connectivity index (χ1v) is 7.89. The molecule has 2 aromatic carbocycles. The Morgan fingerprint density at radius 3 is 2.52 bits per heavy atom. The maximum absolute atomic E-state index is 14.5. The van der Waals surface area contributed by atoms with Gasteiger partial charge in [0.15, 0.2) is 11.5 Å². The van der Waals surface area contributed by atoms with Crippen LogP contribution in [0.25, 0.3) is 10.8 Å². The number of aliphatic carboxylic acids is 1. The third-order valence-electron chi connectivity index (χ3n) is 4.03. The van der Waals surface area contributed by atoms with E-state index >= 15 is 0 Å². The molecule has 0 aliphatic rings. The van der Waals surface area contributed by atoms with E-state index in [1.165, 1.54) is 26.5 Å². The quantitative estimate of drug-likeness (QED) is 0.685. The summed E-state index contributed by atoms with van der Waals surface area (Å²) in [6.07, 6.45) is -0.0501. The molecule has 3 aromatic rings. The average molecular weight is 372 g/mol. The molecule has 140 valence electrons. The third kappa shape index (κ3) is 3.55. The lowest BCUT2D eigenvalue weighted by Gasteiger charge is -2.18. The summed E-state index contributed by atoms with van der Waals surface area (Å²) in [5.41, 5.74) is 5.62. The van der Waals surface area contributed by atoms with Gasteiger partial charge in [-0.25, -0.2) is 14.2 Å². The standard InChI is InChI=1S/C19H17FN2O5/c1-25-15-8-13(14(20)9-16(15)26-2)17(19(23)24)27-11-3-4-12-10(7-11)5-6-22-18(12)21/h3-9,17H,1-2H3,(H2,21,22)(H,23,24). The molecule has 0 aliphatic heterocycles. The van der Waals surface area contributed by atoms with Gasteiger partial charge < -0.3 is 25.1 Å². The number of nitrogen functional groups attached to an aromatic ring is 1. The number of methoxy groups -OCH3 is 2. The SMILES string of the molecule is COc1cc(F)c(C(Oc2ccc3c(N)nccc3c2)C(=O)O)cc1OC. The van der Waals surface area contributed by atoms with Crippen molar-refractivity contribution in [3.05, 3.63) is 54.0 Å². The van der Waals surface area contributed by atoms with Gasteiger partial charge in [0.1, 0.15) is 17.4 Å². The van der Waals surface area contributed by atoms with Crippen LogP contribution in [0, 0.1) is 5.82 Å². The largest absolute Gasteiger partial charge is 0.493 e. The van der Waals surface area contributed by atoms with Crippen LogP contribution < -0.4 is 19.9 Å². The minimum Gasteiger partial charge on any atom is -0.493 e. The van der Waals surface area contributed by atoms with Crippen LogP contribution in [0.1, 0.15) is 11.7 Å². The number of ether oxygens (including phenoxy) is 3. The Kier molecular flexibility index (Phi) is 4.98. The van der Waals surface area contributed by atoms with Crippen LogP contribution in [0.4, 0.5) is 10.2 Å². The second kappa shape index (κ2) is 7.36. The van der Waals surface area contributed by atoms with Crippen molar-refractivity contribution < 1.29 is 28.5 Å². The molecule has 3 rings (SSSR count). The zero-order valence-electron chi connectivity index (χ0n) is 14.6. The summed E-state index contributed by atoms with van der Waals surface area (Å²) in [5, 5.41) is 11.0. The number of anilines is 1. The first-order chi connectivity index (χ1) is 12.9. The van der Waals surface area contributed by atoms with Gasteiger partial charge in [0.05, 0.1) is 14.2 Å². The number of pyridine rings is 1. The van der Waals surface area contributed by atoms with Gasteiger partial charge in [-0.1, -0.05) is 0 Å². The molecule has 1 heterocycles. The molecular weight excluding hydrogens is 355 g/mol. The summed E-state index contributed by atoms with van der Waals surface area (Å²) < 4.78 is 30.2. The number of carboxylic acid groups (broad SMARTS) is 1. The van der Waals surface area contributed by atoms with E-state index in [0.29, 0.717) is 11.2 Å². The normalized spacial score (nSPS) is 11.8. The number of aromatic nitrogens is 1. The van der Waals surface area contributed by atoms with Gasteiger partial charge in [0.25, 0.3) is 0 Å². The molecule has 0 fully saturated rings. The Labute approximate surface area is 154 Å². The van der Waals surface area contributed by atoms with Gasteiger partial charge in [-0.05, 0) is 35.7 Å². The molecule has 7 nitrogen and oxygen atoms in total. The summed E-state index contributed by atoms with van der Waals surface area (Å²) >= 11 is 0. The maximum atomic E-state index is 14.5. The molecule has 0 saturated heterocycles. The summed E-state index contributed by atoms with van der Waals surface area (Å²) in [5.74, 6) is -1.20. The van der Waals surface area contributed by atoms with Crippen LogP contribution in [0.2, 0.25) is 0 Å². The van der Waals surface area contributed by atoms with Crippen molar-refractivity contribution in [2.45, 2.75) is 6.10 Å². The van der Waals surface area contributed by atoms with Crippen LogP contribution in [-0.2, 0) is 4.79 Å². The van der Waals surface area contributed by atoms with E-state index in [2.05, 4.69) is 4.98 Å². The molecule has 0 saturated carbocycles. The maximum Gasteiger partial charge on any atom is 0.349 e. The molecule has 0 aliphatic carbocycles. The smallest absolute Gasteiger partial charge is 0.349 e. The highest BCUT2D eigenvalue weighted by molar-refractivity contribution is 5.91. The predicted molar refractivity (Wildman–Crippen MR) is 96.7 cm³/mol. The number of hydrogen-bond donors (Lipinski definition) is 2. The average Bonchev–Trinajstić information content (AvgIpc) is 2.66. The lowest BCUT2D eigenvalue weighted by atomic mass is 10.1. The monoisotopic (exact) mass is 372 g/mol.